The van der Waals surface area contributed by atoms with Crippen molar-refractivity contribution in [3.63, 3.8) is 0 Å². The predicted octanol–water partition coefficient (Wildman–Crippen LogP) is 0.447. The quantitative estimate of drug-likeness (QED) is 0.701. The molecule has 8 nitrogen and oxygen atoms in total. The van der Waals surface area contributed by atoms with Gasteiger partial charge in [-0.05, 0) is 30.7 Å². The van der Waals surface area contributed by atoms with E-state index in [9.17, 15) is 22.8 Å². The van der Waals surface area contributed by atoms with Gasteiger partial charge in [0.1, 0.15) is 0 Å². The number of rotatable bonds is 5. The van der Waals surface area contributed by atoms with E-state index in [1.165, 1.54) is 11.3 Å². The highest BCUT2D eigenvalue weighted by atomic mass is 32.2. The number of piperidine rings is 1. The van der Waals surface area contributed by atoms with Crippen LogP contribution in [0.1, 0.15) is 28.9 Å². The number of sulfone groups is 1. The highest BCUT2D eigenvalue weighted by Crippen LogP contribution is 2.21. The lowest BCUT2D eigenvalue weighted by atomic mass is 9.97. The van der Waals surface area contributed by atoms with Crippen LogP contribution in [0.25, 0.3) is 0 Å². The summed E-state index contributed by atoms with van der Waals surface area (Å²) in [4.78, 5) is 38.7. The lowest BCUT2D eigenvalue weighted by molar-refractivity contribution is -0.154. The number of hydrogen-bond donors (Lipinski definition) is 1. The molecule has 2 aliphatic rings. The van der Waals surface area contributed by atoms with Gasteiger partial charge in [-0.25, -0.2) is 8.42 Å². The Morgan fingerprint density at radius 1 is 1.22 bits per heavy atom. The van der Waals surface area contributed by atoms with E-state index in [1.54, 1.807) is 11.0 Å². The molecule has 3 heterocycles. The Bertz CT molecular complexity index is 797. The number of ether oxygens (including phenoxy) is 1. The van der Waals surface area contributed by atoms with Gasteiger partial charge in [-0.3, -0.25) is 14.4 Å². The van der Waals surface area contributed by atoms with E-state index in [0.717, 1.165) is 0 Å². The standard InChI is InChI=1S/C17H22N2O6S2/c20-15(18-13-5-9-27(23,24)11-13)10-25-17(22)12-3-6-19(7-4-12)16(21)14-2-1-8-26-14/h1-2,8,12-13H,3-7,9-11H2,(H,18,20)/t13-/m1/s1. The van der Waals surface area contributed by atoms with Crippen LogP contribution in [0.2, 0.25) is 0 Å². The van der Waals surface area contributed by atoms with Gasteiger partial charge in [-0.15, -0.1) is 11.3 Å². The van der Waals surface area contributed by atoms with E-state index < -0.39 is 34.4 Å². The van der Waals surface area contributed by atoms with Gasteiger partial charge in [0.25, 0.3) is 11.8 Å². The van der Waals surface area contributed by atoms with Crippen molar-refractivity contribution in [1.82, 2.24) is 10.2 Å². The summed E-state index contributed by atoms with van der Waals surface area (Å²) in [7, 11) is -3.07. The molecule has 10 heteroatoms. The third-order valence-corrected chi connectivity index (χ3v) is 7.42. The van der Waals surface area contributed by atoms with E-state index >= 15 is 0 Å². The van der Waals surface area contributed by atoms with E-state index in [2.05, 4.69) is 5.32 Å². The molecule has 0 aliphatic carbocycles. The molecular formula is C17H22N2O6S2. The molecule has 2 aliphatic heterocycles. The van der Waals surface area contributed by atoms with Crippen LogP contribution in [0, 0.1) is 5.92 Å². The molecule has 3 rings (SSSR count). The average molecular weight is 415 g/mol. The van der Waals surface area contributed by atoms with Crippen LogP contribution < -0.4 is 5.32 Å². The number of thiophene rings is 1. The fourth-order valence-corrected chi connectivity index (χ4v) is 5.67. The zero-order valence-electron chi connectivity index (χ0n) is 14.8. The van der Waals surface area contributed by atoms with Crippen LogP contribution in [-0.4, -0.2) is 68.3 Å². The summed E-state index contributed by atoms with van der Waals surface area (Å²) >= 11 is 1.39. The van der Waals surface area contributed by atoms with Gasteiger partial charge in [0.15, 0.2) is 16.4 Å². The Kier molecular flexibility index (Phi) is 6.15. The molecule has 0 aromatic carbocycles. The maximum Gasteiger partial charge on any atom is 0.309 e. The van der Waals surface area contributed by atoms with Gasteiger partial charge >= 0.3 is 5.97 Å². The van der Waals surface area contributed by atoms with Crippen molar-refractivity contribution in [2.24, 2.45) is 5.92 Å². The van der Waals surface area contributed by atoms with E-state index in [-0.39, 0.29) is 23.3 Å². The second-order valence-corrected chi connectivity index (χ2v) is 10.00. The van der Waals surface area contributed by atoms with Crippen LogP contribution in [0.15, 0.2) is 17.5 Å². The number of hydrogen-bond acceptors (Lipinski definition) is 7. The first-order valence-electron chi connectivity index (χ1n) is 8.83. The molecule has 0 radical (unpaired) electrons. The van der Waals surface area contributed by atoms with Crippen molar-refractivity contribution >= 4 is 39.0 Å². The van der Waals surface area contributed by atoms with Crippen molar-refractivity contribution in [1.29, 1.82) is 0 Å². The molecule has 1 N–H and O–H groups in total. The first-order chi connectivity index (χ1) is 12.8. The Labute approximate surface area is 161 Å². The van der Waals surface area contributed by atoms with Gasteiger partial charge in [0.05, 0.1) is 22.3 Å². The molecule has 0 bridgehead atoms. The minimum Gasteiger partial charge on any atom is -0.455 e. The fourth-order valence-electron chi connectivity index (χ4n) is 3.31. The maximum absolute atomic E-state index is 12.3. The highest BCUT2D eigenvalue weighted by Gasteiger charge is 2.31. The van der Waals surface area contributed by atoms with Crippen molar-refractivity contribution in [3.05, 3.63) is 22.4 Å². The van der Waals surface area contributed by atoms with Crippen molar-refractivity contribution in [2.75, 3.05) is 31.2 Å². The van der Waals surface area contributed by atoms with Crippen molar-refractivity contribution in [2.45, 2.75) is 25.3 Å². The summed E-state index contributed by atoms with van der Waals surface area (Å²) in [6.07, 6.45) is 1.38. The first-order valence-corrected chi connectivity index (χ1v) is 11.5. The summed E-state index contributed by atoms with van der Waals surface area (Å²) in [6, 6.07) is 3.20. The van der Waals surface area contributed by atoms with Crippen LogP contribution in [0.4, 0.5) is 0 Å². The van der Waals surface area contributed by atoms with Crippen molar-refractivity contribution in [3.8, 4) is 0 Å². The zero-order valence-corrected chi connectivity index (χ0v) is 16.4. The molecule has 0 spiro atoms. The molecule has 1 aromatic heterocycles. The number of carbonyl (C=O) groups is 3. The van der Waals surface area contributed by atoms with Gasteiger partial charge in [0, 0.05) is 19.1 Å². The lowest BCUT2D eigenvalue weighted by Gasteiger charge is -2.30. The fraction of sp³-hybridized carbons (Fsp3) is 0.588. The minimum absolute atomic E-state index is 0.0253. The second kappa shape index (κ2) is 8.39. The molecular weight excluding hydrogens is 392 g/mol. The predicted molar refractivity (Wildman–Crippen MR) is 99.1 cm³/mol. The molecule has 148 valence electrons. The second-order valence-electron chi connectivity index (χ2n) is 6.82. The summed E-state index contributed by atoms with van der Waals surface area (Å²) in [6.45, 7) is 0.537. The monoisotopic (exact) mass is 414 g/mol. The molecule has 0 unspecified atom stereocenters. The van der Waals surface area contributed by atoms with Crippen molar-refractivity contribution < 1.29 is 27.5 Å². The smallest absolute Gasteiger partial charge is 0.309 e. The molecule has 1 atom stereocenters. The molecule has 0 saturated carbocycles. The van der Waals surface area contributed by atoms with Crippen LogP contribution >= 0.6 is 11.3 Å². The zero-order chi connectivity index (χ0) is 19.4. The van der Waals surface area contributed by atoms with Gasteiger partial charge < -0.3 is 15.0 Å². The highest BCUT2D eigenvalue weighted by molar-refractivity contribution is 7.91. The normalized spacial score (nSPS) is 22.4. The Hall–Kier alpha value is -1.94. The Morgan fingerprint density at radius 2 is 1.96 bits per heavy atom. The largest absolute Gasteiger partial charge is 0.455 e. The van der Waals surface area contributed by atoms with Crippen LogP contribution in [0.3, 0.4) is 0 Å². The number of nitrogens with zero attached hydrogens (tertiary/aromatic N) is 1. The summed E-state index contributed by atoms with van der Waals surface area (Å²) in [5, 5.41) is 4.43. The Balaban J connectivity index is 1.38. The topological polar surface area (TPSA) is 110 Å². The SMILES string of the molecule is O=C(COC(=O)C1CCN(C(=O)c2cccs2)CC1)N[C@@H]1CCS(=O)(=O)C1. The number of amides is 2. The lowest BCUT2D eigenvalue weighted by Crippen LogP contribution is -2.41. The summed E-state index contributed by atoms with van der Waals surface area (Å²) in [5.41, 5.74) is 0. The third-order valence-electron chi connectivity index (χ3n) is 4.79. The molecule has 2 saturated heterocycles. The average Bonchev–Trinajstić information content (AvgIpc) is 3.29. The third kappa shape index (κ3) is 5.29. The number of esters is 1. The van der Waals surface area contributed by atoms with E-state index in [0.29, 0.717) is 37.2 Å². The van der Waals surface area contributed by atoms with Crippen LogP contribution in [-0.2, 0) is 24.2 Å². The van der Waals surface area contributed by atoms with Gasteiger partial charge in [-0.2, -0.15) is 0 Å². The van der Waals surface area contributed by atoms with E-state index in [1.807, 2.05) is 11.4 Å². The number of likely N-dealkylation sites (tertiary alicyclic amines) is 1. The first kappa shape index (κ1) is 19.8. The summed E-state index contributed by atoms with van der Waals surface area (Å²) < 4.78 is 27.8. The molecule has 2 amide bonds. The van der Waals surface area contributed by atoms with Gasteiger partial charge in [-0.1, -0.05) is 6.07 Å². The molecule has 2 fully saturated rings. The minimum atomic E-state index is -3.07. The van der Waals surface area contributed by atoms with Crippen LogP contribution in [0.5, 0.6) is 0 Å². The number of nitrogens with one attached hydrogen (secondary N) is 1. The molecule has 1 aromatic rings. The molecule has 27 heavy (non-hydrogen) atoms. The number of carbonyl (C=O) groups excluding carboxylic acids is 3. The van der Waals surface area contributed by atoms with E-state index in [4.69, 9.17) is 4.74 Å². The van der Waals surface area contributed by atoms with Gasteiger partial charge in [0.2, 0.25) is 0 Å². The maximum atomic E-state index is 12.3. The summed E-state index contributed by atoms with van der Waals surface area (Å²) in [5.74, 6) is -1.30. The Morgan fingerprint density at radius 3 is 2.56 bits per heavy atom.